The molecule has 1 atom stereocenters. The van der Waals surface area contributed by atoms with Gasteiger partial charge < -0.3 is 5.32 Å². The first kappa shape index (κ1) is 13.3. The summed E-state index contributed by atoms with van der Waals surface area (Å²) in [6.45, 7) is 9.35. The fourth-order valence-corrected chi connectivity index (χ4v) is 2.47. The van der Waals surface area contributed by atoms with E-state index in [0.29, 0.717) is 11.5 Å². The summed E-state index contributed by atoms with van der Waals surface area (Å²) in [7, 11) is 2.07. The van der Waals surface area contributed by atoms with E-state index < -0.39 is 0 Å². The molecule has 1 saturated carbocycles. The van der Waals surface area contributed by atoms with E-state index in [1.807, 2.05) is 11.9 Å². The highest BCUT2D eigenvalue weighted by Gasteiger charge is 2.28. The lowest BCUT2D eigenvalue weighted by molar-refractivity contribution is 0.239. The third-order valence-corrected chi connectivity index (χ3v) is 4.01. The molecule has 1 N–H and O–H groups in total. The smallest absolute Gasteiger partial charge is 0.0249 e. The van der Waals surface area contributed by atoms with Crippen LogP contribution in [0.15, 0.2) is 0 Å². The minimum Gasteiger partial charge on any atom is -0.315 e. The second kappa shape index (κ2) is 5.55. The van der Waals surface area contributed by atoms with Gasteiger partial charge >= 0.3 is 0 Å². The van der Waals surface area contributed by atoms with E-state index in [4.69, 9.17) is 0 Å². The zero-order valence-corrected chi connectivity index (χ0v) is 11.7. The van der Waals surface area contributed by atoms with E-state index in [1.165, 1.54) is 19.4 Å². The van der Waals surface area contributed by atoms with Crippen molar-refractivity contribution >= 4 is 11.9 Å². The Labute approximate surface area is 99.3 Å². The summed E-state index contributed by atoms with van der Waals surface area (Å²) in [6, 6.07) is 0.573. The molecule has 1 aliphatic rings. The Bertz CT molecular complexity index is 185. The molecule has 0 aromatic heterocycles. The van der Waals surface area contributed by atoms with E-state index in [2.05, 4.69) is 43.7 Å². The summed E-state index contributed by atoms with van der Waals surface area (Å²) in [5, 5.41) is 3.45. The highest BCUT2D eigenvalue weighted by atomic mass is 32.2. The maximum absolute atomic E-state index is 3.45. The van der Waals surface area contributed by atoms with Crippen LogP contribution < -0.4 is 5.32 Å². The van der Waals surface area contributed by atoms with Gasteiger partial charge in [0.05, 0.1) is 0 Å². The average molecular weight is 230 g/mol. The first-order chi connectivity index (χ1) is 6.97. The zero-order chi connectivity index (χ0) is 11.5. The molecule has 0 aromatic rings. The van der Waals surface area contributed by atoms with Crippen molar-refractivity contribution in [2.75, 3.05) is 26.4 Å². The number of hydrogen-bond acceptors (Lipinski definition) is 3. The van der Waals surface area contributed by atoms with Crippen LogP contribution in [0.3, 0.4) is 0 Å². The van der Waals surface area contributed by atoms with Crippen LogP contribution in [0.5, 0.6) is 0 Å². The van der Waals surface area contributed by atoms with Gasteiger partial charge in [-0.3, -0.25) is 0 Å². The van der Waals surface area contributed by atoms with Crippen LogP contribution in [0, 0.1) is 11.3 Å². The molecule has 90 valence electrons. The molecular formula is C12H26N2S. The second-order valence-electron chi connectivity index (χ2n) is 5.68. The average Bonchev–Trinajstić information content (AvgIpc) is 2.93. The molecule has 0 amide bonds. The number of rotatable bonds is 6. The molecular weight excluding hydrogens is 204 g/mol. The Morgan fingerprint density at radius 1 is 1.40 bits per heavy atom. The quantitative estimate of drug-likeness (QED) is 0.706. The lowest BCUT2D eigenvalue weighted by atomic mass is 9.87. The van der Waals surface area contributed by atoms with Gasteiger partial charge in [0.1, 0.15) is 0 Å². The molecule has 0 aliphatic heterocycles. The van der Waals surface area contributed by atoms with Gasteiger partial charge in [0.15, 0.2) is 0 Å². The standard InChI is InChI=1S/C12H26N2S/c1-12(2,3)11(13-4)9-14(15-5)8-10-6-7-10/h10-11,13H,6-9H2,1-5H3. The molecule has 0 heterocycles. The first-order valence-electron chi connectivity index (χ1n) is 5.93. The van der Waals surface area contributed by atoms with Crippen molar-refractivity contribution in [1.82, 2.24) is 9.62 Å². The third kappa shape index (κ3) is 4.75. The summed E-state index contributed by atoms with van der Waals surface area (Å²) in [5.41, 5.74) is 0.340. The van der Waals surface area contributed by atoms with E-state index in [9.17, 15) is 0 Å². The van der Waals surface area contributed by atoms with Crippen LogP contribution in [-0.2, 0) is 0 Å². The van der Waals surface area contributed by atoms with Crippen molar-refractivity contribution in [2.45, 2.75) is 39.7 Å². The predicted octanol–water partition coefficient (Wildman–Crippen LogP) is 2.61. The van der Waals surface area contributed by atoms with Gasteiger partial charge in [0.2, 0.25) is 0 Å². The van der Waals surface area contributed by atoms with Gasteiger partial charge in [-0.1, -0.05) is 32.7 Å². The predicted molar refractivity (Wildman–Crippen MR) is 70.1 cm³/mol. The molecule has 0 bridgehead atoms. The number of nitrogens with one attached hydrogen (secondary N) is 1. The Hall–Kier alpha value is 0.270. The summed E-state index contributed by atoms with van der Waals surface area (Å²) in [6.07, 6.45) is 5.07. The maximum Gasteiger partial charge on any atom is 0.0249 e. The summed E-state index contributed by atoms with van der Waals surface area (Å²) in [5.74, 6) is 0.981. The minimum absolute atomic E-state index is 0.340. The van der Waals surface area contributed by atoms with Crippen LogP contribution in [0.2, 0.25) is 0 Å². The van der Waals surface area contributed by atoms with Crippen molar-refractivity contribution in [2.24, 2.45) is 11.3 Å². The molecule has 1 unspecified atom stereocenters. The Morgan fingerprint density at radius 3 is 2.33 bits per heavy atom. The Balaban J connectivity index is 2.39. The summed E-state index contributed by atoms with van der Waals surface area (Å²) < 4.78 is 2.52. The Morgan fingerprint density at radius 2 is 2.00 bits per heavy atom. The molecule has 0 saturated heterocycles. The molecule has 3 heteroatoms. The van der Waals surface area contributed by atoms with Crippen LogP contribution in [0.1, 0.15) is 33.6 Å². The normalized spacial score (nSPS) is 19.6. The number of hydrogen-bond donors (Lipinski definition) is 1. The number of likely N-dealkylation sites (N-methyl/N-ethyl adjacent to an activating group) is 1. The fraction of sp³-hybridized carbons (Fsp3) is 1.00. The van der Waals surface area contributed by atoms with Crippen molar-refractivity contribution in [3.05, 3.63) is 0 Å². The van der Waals surface area contributed by atoms with Gasteiger partial charge in [-0.05, 0) is 37.5 Å². The van der Waals surface area contributed by atoms with Crippen LogP contribution >= 0.6 is 11.9 Å². The van der Waals surface area contributed by atoms with Gasteiger partial charge in [-0.15, -0.1) is 0 Å². The molecule has 0 aromatic carbocycles. The molecule has 15 heavy (non-hydrogen) atoms. The highest BCUT2D eigenvalue weighted by Crippen LogP contribution is 2.32. The summed E-state index contributed by atoms with van der Waals surface area (Å²) >= 11 is 1.89. The third-order valence-electron chi connectivity index (χ3n) is 3.20. The maximum atomic E-state index is 3.45. The summed E-state index contributed by atoms with van der Waals surface area (Å²) in [4.78, 5) is 0. The van der Waals surface area contributed by atoms with Crippen LogP contribution in [0.25, 0.3) is 0 Å². The van der Waals surface area contributed by atoms with Crippen molar-refractivity contribution < 1.29 is 0 Å². The SMILES string of the molecule is CNC(CN(CC1CC1)SC)C(C)(C)C. The van der Waals surface area contributed by atoms with Gasteiger partial charge in [0.25, 0.3) is 0 Å². The van der Waals surface area contributed by atoms with E-state index >= 15 is 0 Å². The van der Waals surface area contributed by atoms with Gasteiger partial charge in [-0.25, -0.2) is 4.31 Å². The van der Waals surface area contributed by atoms with Crippen molar-refractivity contribution in [1.29, 1.82) is 0 Å². The molecule has 2 nitrogen and oxygen atoms in total. The molecule has 1 rings (SSSR count). The molecule has 0 spiro atoms. The molecule has 1 fully saturated rings. The second-order valence-corrected chi connectivity index (χ2v) is 6.56. The Kier molecular flexibility index (Phi) is 4.94. The van der Waals surface area contributed by atoms with Gasteiger partial charge in [-0.2, -0.15) is 0 Å². The van der Waals surface area contributed by atoms with Crippen molar-refractivity contribution in [3.8, 4) is 0 Å². The van der Waals surface area contributed by atoms with E-state index in [-0.39, 0.29) is 0 Å². The van der Waals surface area contributed by atoms with E-state index in [0.717, 1.165) is 12.5 Å². The topological polar surface area (TPSA) is 15.3 Å². The molecule has 1 aliphatic carbocycles. The van der Waals surface area contributed by atoms with Crippen LogP contribution in [0.4, 0.5) is 0 Å². The lowest BCUT2D eigenvalue weighted by Crippen LogP contribution is -2.45. The van der Waals surface area contributed by atoms with Crippen LogP contribution in [-0.4, -0.2) is 36.7 Å². The highest BCUT2D eigenvalue weighted by molar-refractivity contribution is 7.96. The largest absolute Gasteiger partial charge is 0.315 e. The molecule has 0 radical (unpaired) electrons. The van der Waals surface area contributed by atoms with Crippen molar-refractivity contribution in [3.63, 3.8) is 0 Å². The lowest BCUT2D eigenvalue weighted by Gasteiger charge is -2.34. The monoisotopic (exact) mass is 230 g/mol. The minimum atomic E-state index is 0.340. The zero-order valence-electron chi connectivity index (χ0n) is 10.8. The number of nitrogens with zero attached hydrogens (tertiary/aromatic N) is 1. The van der Waals surface area contributed by atoms with E-state index in [1.54, 1.807) is 0 Å². The first-order valence-corrected chi connectivity index (χ1v) is 7.12. The van der Waals surface area contributed by atoms with Gasteiger partial charge in [0, 0.05) is 19.1 Å². The fourth-order valence-electron chi connectivity index (χ4n) is 1.81.